The number of nitrogens with two attached hydrogens (primary N) is 1. The smallest absolute Gasteiger partial charge is 0.333 e. The van der Waals surface area contributed by atoms with E-state index in [2.05, 4.69) is 20.5 Å². The largest absolute Gasteiger partial charge is 0.481 e. The number of carbonyl (C=O) groups excluding carboxylic acids is 1. The minimum Gasteiger partial charge on any atom is -0.481 e. The highest BCUT2D eigenvalue weighted by Crippen LogP contribution is 2.30. The molecule has 5 aromatic rings. The van der Waals surface area contributed by atoms with Crippen molar-refractivity contribution in [3.8, 4) is 22.3 Å². The summed E-state index contributed by atoms with van der Waals surface area (Å²) in [4.78, 5) is 50.4. The number of aliphatic carboxylic acids is 3. The average molecular weight is 1020 g/mol. The Labute approximate surface area is 421 Å². The molecule has 1 amide bonds. The van der Waals surface area contributed by atoms with Gasteiger partial charge in [-0.1, -0.05) is 99.4 Å². The third kappa shape index (κ3) is 16.4. The number of benzene rings is 4. The molecule has 0 spiro atoms. The summed E-state index contributed by atoms with van der Waals surface area (Å²) in [6.07, 6.45) is 2.57. The highest BCUT2D eigenvalue weighted by atomic mass is 35.5. The van der Waals surface area contributed by atoms with Crippen LogP contribution in [0.4, 0.5) is 8.78 Å². The van der Waals surface area contributed by atoms with Crippen LogP contribution in [0.5, 0.6) is 0 Å². The van der Waals surface area contributed by atoms with Gasteiger partial charge in [0.15, 0.2) is 0 Å². The lowest BCUT2D eigenvalue weighted by Gasteiger charge is -2.28. The topological polar surface area (TPSA) is 249 Å². The number of nitrogens with one attached hydrogen (secondary N) is 2. The summed E-state index contributed by atoms with van der Waals surface area (Å²) in [5, 5.41) is 57.1. The fraction of sp³-hybridized carbons (Fsp3) is 0.358. The first-order valence-electron chi connectivity index (χ1n) is 22.8. The predicted octanol–water partition coefficient (Wildman–Crippen LogP) is 9.40. The predicted molar refractivity (Wildman–Crippen MR) is 271 cm³/mol. The van der Waals surface area contributed by atoms with E-state index in [0.717, 1.165) is 22.5 Å². The normalized spacial score (nSPS) is 14.6. The van der Waals surface area contributed by atoms with Crippen molar-refractivity contribution in [1.29, 1.82) is 0 Å². The van der Waals surface area contributed by atoms with Gasteiger partial charge in [0, 0.05) is 44.7 Å². The summed E-state index contributed by atoms with van der Waals surface area (Å²) in [6.45, 7) is 10.1. The molecule has 14 nitrogen and oxygen atoms in total. The third-order valence-corrected chi connectivity index (χ3v) is 12.4. The zero-order valence-corrected chi connectivity index (χ0v) is 41.9. The molecule has 18 heteroatoms. The second-order valence-corrected chi connectivity index (χ2v) is 19.5. The van der Waals surface area contributed by atoms with Crippen molar-refractivity contribution >= 4 is 52.7 Å². The van der Waals surface area contributed by atoms with Gasteiger partial charge in [-0.15, -0.1) is 0 Å². The molecular weight excluding hydrogens is 960 g/mol. The zero-order chi connectivity index (χ0) is 52.8. The molecule has 2 heterocycles. The van der Waals surface area contributed by atoms with Crippen molar-refractivity contribution in [3.05, 3.63) is 147 Å². The standard InChI is InChI=1S/C26H29ClFN3O4.C19H21ClFNO3.C8H11NO2/c1-15(2)22-12-23(31-30-22)24(33)29-19(13-26(3,14-32)25(34)35)10-16-4-6-17(7-5-16)20-11-18(27)8-9-21(20)28;1-19(11-23,18(24)25)10-15(22)8-12-2-4-13(5-3-12)16-9-14(20)6-7-17(16)21;1-5(2)7-3-6(4-9-7)8(10)11/h4-9,11-12,15,19,32H,10,13-14H2,1-3H3,(H,29,33)(H,30,31)(H,34,35);2-7,9,15,23H,8,10-11,22H2,1H3,(H,24,25);3,5H,4H2,1-2H3,(H,10,11)/t19-,26+;15-,19+;/m11./s1. The van der Waals surface area contributed by atoms with Gasteiger partial charge < -0.3 is 36.6 Å². The van der Waals surface area contributed by atoms with Crippen LogP contribution in [0.2, 0.25) is 10.0 Å². The van der Waals surface area contributed by atoms with E-state index in [4.69, 9.17) is 34.0 Å². The summed E-state index contributed by atoms with van der Waals surface area (Å²) < 4.78 is 28.1. The van der Waals surface area contributed by atoms with Gasteiger partial charge in [0.05, 0.1) is 36.2 Å². The highest BCUT2D eigenvalue weighted by Gasteiger charge is 2.37. The average Bonchev–Trinajstić information content (AvgIpc) is 4.04. The Bertz CT molecular complexity index is 2710. The van der Waals surface area contributed by atoms with E-state index in [1.807, 2.05) is 39.8 Å². The van der Waals surface area contributed by atoms with E-state index >= 15 is 0 Å². The maximum absolute atomic E-state index is 14.2. The minimum absolute atomic E-state index is 0.00327. The van der Waals surface area contributed by atoms with Gasteiger partial charge in [-0.2, -0.15) is 5.10 Å². The second kappa shape index (κ2) is 25.7. The number of aromatic nitrogens is 2. The van der Waals surface area contributed by atoms with Crippen LogP contribution in [0.25, 0.3) is 22.3 Å². The van der Waals surface area contributed by atoms with Gasteiger partial charge in [0.25, 0.3) is 5.91 Å². The van der Waals surface area contributed by atoms with Crippen LogP contribution in [0.15, 0.2) is 108 Å². The van der Waals surface area contributed by atoms with E-state index < -0.39 is 65.8 Å². The molecule has 0 radical (unpaired) electrons. The number of hydrogen-bond donors (Lipinski definition) is 8. The lowest BCUT2D eigenvalue weighted by Crippen LogP contribution is -2.44. The number of aliphatic hydroxyl groups excluding tert-OH is 2. The van der Waals surface area contributed by atoms with Crippen molar-refractivity contribution in [2.75, 3.05) is 19.8 Å². The van der Waals surface area contributed by atoms with Crippen LogP contribution in [0.3, 0.4) is 0 Å². The molecule has 9 N–H and O–H groups in total. The van der Waals surface area contributed by atoms with Gasteiger partial charge >= 0.3 is 17.9 Å². The number of aromatic amines is 1. The maximum Gasteiger partial charge on any atom is 0.333 e. The van der Waals surface area contributed by atoms with E-state index in [0.29, 0.717) is 63.2 Å². The number of H-pyrrole nitrogens is 1. The molecule has 0 bridgehead atoms. The lowest BCUT2D eigenvalue weighted by atomic mass is 9.82. The first-order valence-corrected chi connectivity index (χ1v) is 23.5. The summed E-state index contributed by atoms with van der Waals surface area (Å²) in [5.74, 6) is -3.79. The van der Waals surface area contributed by atoms with Crippen LogP contribution in [0, 0.1) is 28.4 Å². The number of rotatable bonds is 19. The summed E-state index contributed by atoms with van der Waals surface area (Å²) >= 11 is 11.9. The maximum atomic E-state index is 14.2. The van der Waals surface area contributed by atoms with Gasteiger partial charge in [-0.3, -0.25) is 24.5 Å². The van der Waals surface area contributed by atoms with E-state index in [-0.39, 0.29) is 30.3 Å². The van der Waals surface area contributed by atoms with E-state index in [1.54, 1.807) is 60.7 Å². The Morgan fingerprint density at radius 2 is 1.20 bits per heavy atom. The fourth-order valence-electron chi connectivity index (χ4n) is 7.41. The molecule has 0 saturated carbocycles. The van der Waals surface area contributed by atoms with Gasteiger partial charge in [0.2, 0.25) is 0 Å². The van der Waals surface area contributed by atoms with Crippen LogP contribution >= 0.6 is 23.2 Å². The number of carboxylic acids is 3. The SMILES string of the molecule is CC(C)C1=NCC(C(=O)O)=C1.CC(C)c1cc(C(=O)N[C@H](Cc2ccc(-c3cc(Cl)ccc3F)cc2)C[C@@](C)(CO)C(=O)O)n[nH]1.C[C@@](CO)(C[C@H](N)Cc1ccc(-c2cc(Cl)ccc2F)cc1)C(=O)O. The molecule has 4 atom stereocenters. The Morgan fingerprint density at radius 1 is 0.718 bits per heavy atom. The van der Waals surface area contributed by atoms with Crippen molar-refractivity contribution in [2.45, 2.75) is 85.2 Å². The Morgan fingerprint density at radius 3 is 1.59 bits per heavy atom. The van der Waals surface area contributed by atoms with Crippen molar-refractivity contribution < 1.29 is 53.5 Å². The quantitative estimate of drug-likeness (QED) is 0.0387. The number of carboxylic acid groups (broad SMARTS) is 3. The zero-order valence-electron chi connectivity index (χ0n) is 40.3. The van der Waals surface area contributed by atoms with E-state index in [1.165, 1.54) is 38.1 Å². The van der Waals surface area contributed by atoms with Crippen molar-refractivity contribution in [1.82, 2.24) is 15.5 Å². The van der Waals surface area contributed by atoms with Gasteiger partial charge in [0.1, 0.15) is 17.3 Å². The molecule has 0 unspecified atom stereocenters. The Kier molecular flexibility index (Phi) is 20.7. The number of allylic oxidation sites excluding steroid dienone is 1. The molecule has 380 valence electrons. The highest BCUT2D eigenvalue weighted by molar-refractivity contribution is 6.31. The molecule has 1 aliphatic heterocycles. The third-order valence-electron chi connectivity index (χ3n) is 11.9. The van der Waals surface area contributed by atoms with Crippen LogP contribution in [-0.4, -0.2) is 97.1 Å². The van der Waals surface area contributed by atoms with Gasteiger partial charge in [-0.05, 0) is 122 Å². The molecule has 71 heavy (non-hydrogen) atoms. The number of nitrogens with zero attached hydrogens (tertiary/aromatic N) is 2. The lowest BCUT2D eigenvalue weighted by molar-refractivity contribution is -0.152. The van der Waals surface area contributed by atoms with Crippen LogP contribution in [-0.2, 0) is 27.2 Å². The number of hydrogen-bond acceptors (Lipinski definition) is 9. The first-order chi connectivity index (χ1) is 33.4. The molecule has 1 aliphatic rings. The molecule has 0 aliphatic carbocycles. The summed E-state index contributed by atoms with van der Waals surface area (Å²) in [6, 6.07) is 23.6. The molecule has 4 aromatic carbocycles. The number of aliphatic imine (C=N–C) groups is 1. The molecule has 1 aromatic heterocycles. The monoisotopic (exact) mass is 1020 g/mol. The fourth-order valence-corrected chi connectivity index (χ4v) is 7.75. The molecule has 6 rings (SSSR count). The molecular formula is C53H61Cl2F2N5O9. The first kappa shape index (κ1) is 57.3. The molecule has 0 fully saturated rings. The minimum atomic E-state index is -1.45. The number of carbonyl (C=O) groups is 4. The van der Waals surface area contributed by atoms with Crippen LogP contribution in [0.1, 0.15) is 87.6 Å². The number of aliphatic hydroxyl groups is 2. The Hall–Kier alpha value is -6.30. The number of halogens is 4. The molecule has 0 saturated heterocycles. The van der Waals surface area contributed by atoms with Crippen molar-refractivity contribution in [3.63, 3.8) is 0 Å². The summed E-state index contributed by atoms with van der Waals surface area (Å²) in [5.41, 5.74) is 9.46. The van der Waals surface area contributed by atoms with Crippen molar-refractivity contribution in [2.24, 2.45) is 27.5 Å². The number of amides is 1. The summed E-state index contributed by atoms with van der Waals surface area (Å²) in [7, 11) is 0. The Balaban J connectivity index is 0.000000263. The van der Waals surface area contributed by atoms with Crippen LogP contribution < -0.4 is 11.1 Å². The van der Waals surface area contributed by atoms with E-state index in [9.17, 15) is 48.4 Å². The second-order valence-electron chi connectivity index (χ2n) is 18.7. The van der Waals surface area contributed by atoms with Gasteiger partial charge in [-0.25, -0.2) is 13.6 Å².